The van der Waals surface area contributed by atoms with Crippen LogP contribution in [0.15, 0.2) is 48.7 Å². The topological polar surface area (TPSA) is 134 Å². The van der Waals surface area contributed by atoms with Crippen molar-refractivity contribution in [3.05, 3.63) is 87.9 Å². The molecule has 0 radical (unpaired) electrons. The molecule has 3 fully saturated rings. The van der Waals surface area contributed by atoms with Crippen LogP contribution in [0.4, 0.5) is 0 Å². The van der Waals surface area contributed by atoms with Gasteiger partial charge in [0.25, 0.3) is 11.8 Å². The van der Waals surface area contributed by atoms with Crippen molar-refractivity contribution in [2.24, 2.45) is 5.92 Å². The summed E-state index contributed by atoms with van der Waals surface area (Å²) in [7, 11) is 0. The number of nitriles is 1. The highest BCUT2D eigenvalue weighted by Crippen LogP contribution is 2.47. The van der Waals surface area contributed by atoms with Crippen molar-refractivity contribution in [1.29, 1.82) is 5.26 Å². The Labute approximate surface area is 282 Å². The summed E-state index contributed by atoms with van der Waals surface area (Å²) < 4.78 is 0. The molecule has 3 aliphatic heterocycles. The van der Waals surface area contributed by atoms with E-state index >= 15 is 0 Å². The molecule has 1 aromatic heterocycles. The Morgan fingerprint density at radius 3 is 2.08 bits per heavy atom. The molecule has 3 saturated heterocycles. The number of rotatable bonds is 9. The molecule has 1 aliphatic carbocycles. The molecule has 2 amide bonds. The second kappa shape index (κ2) is 12.8. The molecule has 7 rings (SSSR count). The van der Waals surface area contributed by atoms with Crippen LogP contribution in [-0.2, 0) is 18.3 Å². The number of nitrogens with one attached hydrogen (secondary N) is 2. The van der Waals surface area contributed by atoms with Gasteiger partial charge in [0.15, 0.2) is 5.82 Å². The smallest absolute Gasteiger partial charge is 0.253 e. The molecule has 11 heteroatoms. The summed E-state index contributed by atoms with van der Waals surface area (Å²) in [5.41, 5.74) is 5.78. The van der Waals surface area contributed by atoms with E-state index in [0.717, 1.165) is 73.4 Å². The lowest BCUT2D eigenvalue weighted by Gasteiger charge is -2.38. The van der Waals surface area contributed by atoms with Gasteiger partial charge in [-0.1, -0.05) is 25.6 Å². The average Bonchev–Trinajstić information content (AvgIpc) is 3.65. The van der Waals surface area contributed by atoms with Crippen molar-refractivity contribution in [1.82, 2.24) is 40.6 Å². The number of tetrazole rings is 1. The normalized spacial score (nSPS) is 23.2. The molecule has 48 heavy (non-hydrogen) atoms. The SMILES string of the molecule is C=C(CN[C@@H](C)CC1(c2nnn[nH]2)c2ccc(C(=O)N3CCC3)cc2CCc2cc(C(=O)N3CCC3)ccc21)N1C(C#N)CC(C)[C@@H]1C. The first-order valence-electron chi connectivity index (χ1n) is 17.4. The standard InChI is InChI=1S/C37H45N9O2/c1-23-17-31(21-38)46(26(23)4)25(3)22-39-24(2)20-37(36-40-42-43-41-36)32-11-9-29(34(47)44-13-5-14-44)18-27(32)7-8-28-19-30(10-12-33(28)37)35(48)45-15-6-16-45/h9-12,18-19,23-24,26,31,39H,3,5-8,13-17,20,22H2,1-2,4H3,(H,40,41,42,43)/t23?,24-,26-,31?/m0/s1. The molecular formula is C37H45N9O2. The number of amides is 2. The second-order valence-electron chi connectivity index (χ2n) is 14.2. The van der Waals surface area contributed by atoms with Crippen LogP contribution in [0, 0.1) is 17.2 Å². The van der Waals surface area contributed by atoms with Gasteiger partial charge < -0.3 is 20.0 Å². The van der Waals surface area contributed by atoms with Crippen molar-refractivity contribution >= 4 is 11.8 Å². The maximum Gasteiger partial charge on any atom is 0.253 e. The van der Waals surface area contributed by atoms with E-state index in [1.54, 1.807) is 0 Å². The van der Waals surface area contributed by atoms with Gasteiger partial charge in [-0.25, -0.2) is 5.10 Å². The van der Waals surface area contributed by atoms with Gasteiger partial charge in [-0.05, 0) is 115 Å². The highest BCUT2D eigenvalue weighted by atomic mass is 16.2. The maximum atomic E-state index is 13.4. The Morgan fingerprint density at radius 2 is 1.60 bits per heavy atom. The molecule has 2 aromatic carbocycles. The number of aromatic nitrogens is 4. The third kappa shape index (κ3) is 5.46. The van der Waals surface area contributed by atoms with Crippen molar-refractivity contribution in [3.8, 4) is 6.07 Å². The van der Waals surface area contributed by atoms with E-state index in [1.807, 2.05) is 21.9 Å². The molecule has 4 aliphatic rings. The Hall–Kier alpha value is -4.56. The van der Waals surface area contributed by atoms with Gasteiger partial charge in [0.2, 0.25) is 0 Å². The lowest BCUT2D eigenvalue weighted by atomic mass is 9.67. The number of fused-ring (bicyclic) bond motifs is 2. The van der Waals surface area contributed by atoms with Crippen LogP contribution < -0.4 is 5.32 Å². The summed E-state index contributed by atoms with van der Waals surface area (Å²) in [6.45, 7) is 14.6. The van der Waals surface area contributed by atoms with E-state index in [1.165, 1.54) is 0 Å². The van der Waals surface area contributed by atoms with Gasteiger partial charge in [-0.15, -0.1) is 5.10 Å². The maximum absolute atomic E-state index is 13.4. The van der Waals surface area contributed by atoms with E-state index in [0.29, 0.717) is 48.7 Å². The highest BCUT2D eigenvalue weighted by molar-refractivity contribution is 5.96. The molecule has 250 valence electrons. The molecule has 4 heterocycles. The fourth-order valence-electron chi connectivity index (χ4n) is 8.19. The van der Waals surface area contributed by atoms with Crippen LogP contribution in [0.3, 0.4) is 0 Å². The van der Waals surface area contributed by atoms with Gasteiger partial charge in [-0.3, -0.25) is 9.59 Å². The quantitative estimate of drug-likeness (QED) is 0.358. The number of nitrogens with zero attached hydrogens (tertiary/aromatic N) is 7. The molecule has 3 aromatic rings. The van der Waals surface area contributed by atoms with Crippen molar-refractivity contribution in [3.63, 3.8) is 0 Å². The van der Waals surface area contributed by atoms with Crippen LogP contribution in [-0.4, -0.2) is 98.0 Å². The second-order valence-corrected chi connectivity index (χ2v) is 14.2. The lowest BCUT2D eigenvalue weighted by Crippen LogP contribution is -2.43. The Bertz CT molecular complexity index is 1680. The third-order valence-electron chi connectivity index (χ3n) is 11.3. The number of aromatic amines is 1. The first-order valence-corrected chi connectivity index (χ1v) is 17.4. The summed E-state index contributed by atoms with van der Waals surface area (Å²) in [5.74, 6) is 1.17. The van der Waals surface area contributed by atoms with Crippen LogP contribution in [0.1, 0.15) is 95.2 Å². The summed E-state index contributed by atoms with van der Waals surface area (Å²) in [6, 6.07) is 14.7. The number of aryl methyl sites for hydroxylation is 2. The zero-order valence-corrected chi connectivity index (χ0v) is 28.2. The fourth-order valence-corrected chi connectivity index (χ4v) is 8.19. The number of hydrogen-bond donors (Lipinski definition) is 2. The minimum absolute atomic E-state index is 0.0358. The van der Waals surface area contributed by atoms with Crippen LogP contribution >= 0.6 is 0 Å². The predicted molar refractivity (Wildman–Crippen MR) is 181 cm³/mol. The molecular weight excluding hydrogens is 602 g/mol. The predicted octanol–water partition coefficient (Wildman–Crippen LogP) is 3.83. The van der Waals surface area contributed by atoms with E-state index in [2.05, 4.69) is 88.5 Å². The monoisotopic (exact) mass is 647 g/mol. The summed E-state index contributed by atoms with van der Waals surface area (Å²) in [4.78, 5) is 32.7. The number of likely N-dealkylation sites (tertiary alicyclic amines) is 3. The van der Waals surface area contributed by atoms with Crippen molar-refractivity contribution in [2.45, 2.75) is 82.8 Å². The molecule has 0 saturated carbocycles. The fraction of sp³-hybridized carbons (Fsp3) is 0.514. The van der Waals surface area contributed by atoms with Gasteiger partial charge in [0.1, 0.15) is 6.04 Å². The van der Waals surface area contributed by atoms with Crippen molar-refractivity contribution < 1.29 is 9.59 Å². The zero-order valence-electron chi connectivity index (χ0n) is 28.2. The number of hydrogen-bond acceptors (Lipinski definition) is 8. The van der Waals surface area contributed by atoms with Crippen LogP contribution in [0.25, 0.3) is 0 Å². The van der Waals surface area contributed by atoms with Crippen LogP contribution in [0.5, 0.6) is 0 Å². The first-order chi connectivity index (χ1) is 23.2. The van der Waals surface area contributed by atoms with Gasteiger partial charge in [0.05, 0.1) is 11.5 Å². The summed E-state index contributed by atoms with van der Waals surface area (Å²) >= 11 is 0. The first kappa shape index (κ1) is 32.0. The number of carbonyl (C=O) groups excluding carboxylic acids is 2. The number of H-pyrrole nitrogens is 1. The average molecular weight is 648 g/mol. The minimum atomic E-state index is -0.792. The van der Waals surface area contributed by atoms with Crippen LogP contribution in [0.2, 0.25) is 0 Å². The molecule has 2 unspecified atom stereocenters. The van der Waals surface area contributed by atoms with Gasteiger partial charge in [0, 0.05) is 61.6 Å². The van der Waals surface area contributed by atoms with Crippen molar-refractivity contribution in [2.75, 3.05) is 32.7 Å². The molecule has 2 N–H and O–H groups in total. The van der Waals surface area contributed by atoms with E-state index in [9.17, 15) is 14.9 Å². The molecule has 0 spiro atoms. The summed E-state index contributed by atoms with van der Waals surface area (Å²) in [5, 5.41) is 29.4. The van der Waals surface area contributed by atoms with E-state index in [4.69, 9.17) is 0 Å². The van der Waals surface area contributed by atoms with Gasteiger partial charge in [-0.2, -0.15) is 5.26 Å². The van der Waals surface area contributed by atoms with E-state index in [-0.39, 0.29) is 29.9 Å². The Balaban J connectivity index is 1.27. The number of carbonyl (C=O) groups is 2. The third-order valence-corrected chi connectivity index (χ3v) is 11.3. The summed E-state index contributed by atoms with van der Waals surface area (Å²) in [6.07, 6.45) is 4.95. The number of benzene rings is 2. The molecule has 4 atom stereocenters. The highest BCUT2D eigenvalue weighted by Gasteiger charge is 2.46. The molecule has 11 nitrogen and oxygen atoms in total. The Morgan fingerprint density at radius 1 is 1.02 bits per heavy atom. The zero-order chi connectivity index (χ0) is 33.6. The minimum Gasteiger partial charge on any atom is -0.355 e. The lowest BCUT2D eigenvalue weighted by molar-refractivity contribution is 0.0644. The Kier molecular flexibility index (Phi) is 8.54. The molecule has 0 bridgehead atoms. The van der Waals surface area contributed by atoms with E-state index < -0.39 is 5.41 Å². The largest absolute Gasteiger partial charge is 0.355 e. The van der Waals surface area contributed by atoms with Gasteiger partial charge >= 0.3 is 0 Å².